The summed E-state index contributed by atoms with van der Waals surface area (Å²) in [6, 6.07) is 4.75. The molecule has 5 amide bonds. The molecule has 0 aromatic heterocycles. The van der Waals surface area contributed by atoms with Crippen LogP contribution < -0.4 is 15.5 Å². The van der Waals surface area contributed by atoms with Gasteiger partial charge in [-0.15, -0.1) is 0 Å². The molecule has 2 aliphatic heterocycles. The Kier molecular flexibility index (Phi) is 4.43. The van der Waals surface area contributed by atoms with E-state index in [0.717, 1.165) is 16.2 Å². The molecule has 1 fully saturated rings. The third-order valence-corrected chi connectivity index (χ3v) is 5.06. The Morgan fingerprint density at radius 2 is 2.00 bits per heavy atom. The second-order valence-corrected chi connectivity index (χ2v) is 6.85. The van der Waals surface area contributed by atoms with Crippen LogP contribution in [0.4, 0.5) is 16.2 Å². The van der Waals surface area contributed by atoms with Gasteiger partial charge in [0, 0.05) is 24.8 Å². The molecule has 2 N–H and O–H groups in total. The molecular formula is C18H22N4O4. The number of anilines is 2. The lowest BCUT2D eigenvalue weighted by molar-refractivity contribution is -0.133. The number of urea groups is 1. The zero-order chi connectivity index (χ0) is 19.1. The Balaban J connectivity index is 1.69. The lowest BCUT2D eigenvalue weighted by Crippen LogP contribution is -2.44. The highest BCUT2D eigenvalue weighted by Gasteiger charge is 2.46. The van der Waals surface area contributed by atoms with Crippen LogP contribution in [-0.4, -0.2) is 47.8 Å². The third-order valence-electron chi connectivity index (χ3n) is 5.06. The summed E-state index contributed by atoms with van der Waals surface area (Å²) in [6.07, 6.45) is 1.50. The molecule has 8 nitrogen and oxygen atoms in total. The van der Waals surface area contributed by atoms with Gasteiger partial charge >= 0.3 is 6.03 Å². The second kappa shape index (κ2) is 6.44. The summed E-state index contributed by atoms with van der Waals surface area (Å²) in [4.78, 5) is 50.9. The molecule has 1 atom stereocenters. The van der Waals surface area contributed by atoms with E-state index in [9.17, 15) is 19.2 Å². The molecule has 8 heteroatoms. The smallest absolute Gasteiger partial charge is 0.325 e. The van der Waals surface area contributed by atoms with E-state index in [1.54, 1.807) is 37.9 Å². The van der Waals surface area contributed by atoms with Crippen LogP contribution in [0.25, 0.3) is 0 Å². The maximum atomic E-state index is 12.3. The van der Waals surface area contributed by atoms with Gasteiger partial charge in [-0.25, -0.2) is 4.79 Å². The van der Waals surface area contributed by atoms with Gasteiger partial charge in [-0.2, -0.15) is 0 Å². The number of rotatable bonds is 4. The van der Waals surface area contributed by atoms with Crippen molar-refractivity contribution in [2.24, 2.45) is 0 Å². The van der Waals surface area contributed by atoms with Gasteiger partial charge in [0.2, 0.25) is 11.8 Å². The highest BCUT2D eigenvalue weighted by Crippen LogP contribution is 2.29. The standard InChI is InChI=1S/C18H22N4O4/c1-4-18(2)16(25)22(17(26)20-18)10-14(23)19-12-6-7-13-11(9-12)5-8-15(24)21(13)3/h6-7,9H,4-5,8,10H2,1-3H3,(H,19,23)(H,20,26). The molecule has 1 unspecified atom stereocenters. The fraction of sp³-hybridized carbons (Fsp3) is 0.444. The normalized spacial score (nSPS) is 22.3. The van der Waals surface area contributed by atoms with E-state index in [-0.39, 0.29) is 12.5 Å². The predicted molar refractivity (Wildman–Crippen MR) is 95.7 cm³/mol. The first kappa shape index (κ1) is 17.9. The lowest BCUT2D eigenvalue weighted by atomic mass is 9.99. The fourth-order valence-corrected chi connectivity index (χ4v) is 3.21. The minimum absolute atomic E-state index is 0.0619. The Bertz CT molecular complexity index is 806. The van der Waals surface area contributed by atoms with Crippen LogP contribution in [-0.2, 0) is 20.8 Å². The van der Waals surface area contributed by atoms with E-state index in [1.165, 1.54) is 0 Å². The summed E-state index contributed by atoms with van der Waals surface area (Å²) in [7, 11) is 1.72. The summed E-state index contributed by atoms with van der Waals surface area (Å²) in [5.41, 5.74) is 1.41. The molecule has 0 radical (unpaired) electrons. The Hall–Kier alpha value is -2.90. The first-order valence-electron chi connectivity index (χ1n) is 8.58. The Labute approximate surface area is 151 Å². The number of amides is 5. The van der Waals surface area contributed by atoms with Gasteiger partial charge in [0.15, 0.2) is 0 Å². The number of hydrogen-bond acceptors (Lipinski definition) is 4. The highest BCUT2D eigenvalue weighted by molar-refractivity contribution is 6.10. The maximum Gasteiger partial charge on any atom is 0.325 e. The first-order chi connectivity index (χ1) is 12.2. The van der Waals surface area contributed by atoms with Crippen molar-refractivity contribution in [3.8, 4) is 0 Å². The lowest BCUT2D eigenvalue weighted by Gasteiger charge is -2.26. The van der Waals surface area contributed by atoms with Crippen molar-refractivity contribution in [3.05, 3.63) is 23.8 Å². The maximum absolute atomic E-state index is 12.3. The topological polar surface area (TPSA) is 98.8 Å². The van der Waals surface area contributed by atoms with Crippen LogP contribution in [0.15, 0.2) is 18.2 Å². The summed E-state index contributed by atoms with van der Waals surface area (Å²) >= 11 is 0. The summed E-state index contributed by atoms with van der Waals surface area (Å²) in [5.74, 6) is -0.786. The van der Waals surface area contributed by atoms with Crippen molar-refractivity contribution in [2.75, 3.05) is 23.8 Å². The number of imide groups is 1. The molecular weight excluding hydrogens is 336 g/mol. The zero-order valence-electron chi connectivity index (χ0n) is 15.1. The second-order valence-electron chi connectivity index (χ2n) is 6.85. The van der Waals surface area contributed by atoms with Crippen LogP contribution in [0.5, 0.6) is 0 Å². The fourth-order valence-electron chi connectivity index (χ4n) is 3.21. The number of fused-ring (bicyclic) bond motifs is 1. The minimum Gasteiger partial charge on any atom is -0.325 e. The summed E-state index contributed by atoms with van der Waals surface area (Å²) < 4.78 is 0. The molecule has 1 saturated heterocycles. The van der Waals surface area contributed by atoms with Crippen molar-refractivity contribution in [1.29, 1.82) is 0 Å². The quantitative estimate of drug-likeness (QED) is 0.792. The van der Waals surface area contributed by atoms with Crippen molar-refractivity contribution in [2.45, 2.75) is 38.6 Å². The molecule has 26 heavy (non-hydrogen) atoms. The molecule has 1 aromatic carbocycles. The third kappa shape index (κ3) is 3.02. The largest absolute Gasteiger partial charge is 0.325 e. The van der Waals surface area contributed by atoms with Crippen LogP contribution >= 0.6 is 0 Å². The van der Waals surface area contributed by atoms with E-state index in [1.807, 2.05) is 6.07 Å². The van der Waals surface area contributed by atoms with Crippen molar-refractivity contribution in [3.63, 3.8) is 0 Å². The van der Waals surface area contributed by atoms with E-state index in [2.05, 4.69) is 10.6 Å². The predicted octanol–water partition coefficient (Wildman–Crippen LogP) is 1.25. The summed E-state index contributed by atoms with van der Waals surface area (Å²) in [5, 5.41) is 5.33. The van der Waals surface area contributed by atoms with E-state index < -0.39 is 23.4 Å². The Morgan fingerprint density at radius 3 is 2.65 bits per heavy atom. The number of nitrogens with one attached hydrogen (secondary N) is 2. The van der Waals surface area contributed by atoms with Gasteiger partial charge in [-0.3, -0.25) is 19.3 Å². The van der Waals surface area contributed by atoms with Crippen LogP contribution in [0, 0.1) is 0 Å². The van der Waals surface area contributed by atoms with Crippen LogP contribution in [0.1, 0.15) is 32.3 Å². The molecule has 3 rings (SSSR count). The Morgan fingerprint density at radius 1 is 1.27 bits per heavy atom. The van der Waals surface area contributed by atoms with Gasteiger partial charge in [0.25, 0.3) is 5.91 Å². The minimum atomic E-state index is -0.958. The number of hydrogen-bond donors (Lipinski definition) is 2. The monoisotopic (exact) mass is 358 g/mol. The van der Waals surface area contributed by atoms with Gasteiger partial charge in [0.05, 0.1) is 0 Å². The van der Waals surface area contributed by atoms with E-state index >= 15 is 0 Å². The number of nitrogens with zero attached hydrogens (tertiary/aromatic N) is 2. The molecule has 1 aromatic rings. The number of benzene rings is 1. The van der Waals surface area contributed by atoms with Gasteiger partial charge < -0.3 is 15.5 Å². The summed E-state index contributed by atoms with van der Waals surface area (Å²) in [6.45, 7) is 3.11. The van der Waals surface area contributed by atoms with Gasteiger partial charge in [0.1, 0.15) is 12.1 Å². The molecule has 0 bridgehead atoms. The molecule has 0 saturated carbocycles. The number of carbonyl (C=O) groups excluding carboxylic acids is 4. The van der Waals surface area contributed by atoms with E-state index in [4.69, 9.17) is 0 Å². The van der Waals surface area contributed by atoms with Crippen molar-refractivity contribution in [1.82, 2.24) is 10.2 Å². The number of aryl methyl sites for hydroxylation is 1. The number of carbonyl (C=O) groups is 4. The van der Waals surface area contributed by atoms with Gasteiger partial charge in [-0.05, 0) is 43.5 Å². The molecule has 0 spiro atoms. The molecule has 138 valence electrons. The zero-order valence-corrected chi connectivity index (χ0v) is 15.1. The van der Waals surface area contributed by atoms with Crippen LogP contribution in [0.2, 0.25) is 0 Å². The van der Waals surface area contributed by atoms with Gasteiger partial charge in [-0.1, -0.05) is 6.92 Å². The molecule has 2 heterocycles. The van der Waals surface area contributed by atoms with Crippen LogP contribution in [0.3, 0.4) is 0 Å². The van der Waals surface area contributed by atoms with E-state index in [0.29, 0.717) is 24.9 Å². The SMILES string of the molecule is CCC1(C)NC(=O)N(CC(=O)Nc2ccc3c(c2)CCC(=O)N3C)C1=O. The average Bonchev–Trinajstić information content (AvgIpc) is 2.82. The molecule has 0 aliphatic carbocycles. The molecule has 2 aliphatic rings. The average molecular weight is 358 g/mol. The van der Waals surface area contributed by atoms with Crippen molar-refractivity contribution < 1.29 is 19.2 Å². The highest BCUT2D eigenvalue weighted by atomic mass is 16.2. The first-order valence-corrected chi connectivity index (χ1v) is 8.58. The van der Waals surface area contributed by atoms with Crippen molar-refractivity contribution >= 4 is 35.1 Å².